The zero-order valence-electron chi connectivity index (χ0n) is 12.1. The lowest BCUT2D eigenvalue weighted by Gasteiger charge is -2.10. The smallest absolute Gasteiger partial charge is 0.224 e. The second-order valence-corrected chi connectivity index (χ2v) is 5.91. The first-order valence-corrected chi connectivity index (χ1v) is 7.77. The lowest BCUT2D eigenvalue weighted by atomic mass is 10.1. The highest BCUT2D eigenvalue weighted by Crippen LogP contribution is 2.40. The van der Waals surface area contributed by atoms with E-state index in [-0.39, 0.29) is 5.91 Å². The van der Waals surface area contributed by atoms with Gasteiger partial charge in [-0.05, 0) is 5.56 Å². The van der Waals surface area contributed by atoms with Crippen LogP contribution in [0.4, 0.5) is 0 Å². The summed E-state index contributed by atoms with van der Waals surface area (Å²) in [4.78, 5) is 15.2. The number of aromatic amines is 1. The summed E-state index contributed by atoms with van der Waals surface area (Å²) in [6.07, 6.45) is 1.02. The number of halogens is 2. The molecular weight excluding hydrogens is 327 g/mol. The van der Waals surface area contributed by atoms with Crippen molar-refractivity contribution >= 4 is 40.0 Å². The summed E-state index contributed by atoms with van der Waals surface area (Å²) >= 11 is 12.5. The molecule has 1 aromatic heterocycles. The Morgan fingerprint density at radius 3 is 2.91 bits per heavy atom. The number of ether oxygens (including phenoxy) is 2. The van der Waals surface area contributed by atoms with Crippen LogP contribution in [0.3, 0.4) is 0 Å². The van der Waals surface area contributed by atoms with Crippen LogP contribution in [0.25, 0.3) is 10.9 Å². The van der Waals surface area contributed by atoms with Gasteiger partial charge in [-0.15, -0.1) is 0 Å². The van der Waals surface area contributed by atoms with Crippen LogP contribution in [0.1, 0.15) is 11.3 Å². The molecule has 3 rings (SSSR count). The maximum atomic E-state index is 11.9. The first-order valence-electron chi connectivity index (χ1n) is 7.01. The van der Waals surface area contributed by atoms with Crippen LogP contribution in [-0.2, 0) is 22.4 Å². The summed E-state index contributed by atoms with van der Waals surface area (Å²) in [6, 6.07) is 1.69. The molecule has 1 amide bonds. The van der Waals surface area contributed by atoms with E-state index in [1.54, 1.807) is 13.2 Å². The Kier molecular flexibility index (Phi) is 4.47. The van der Waals surface area contributed by atoms with Gasteiger partial charge in [0.25, 0.3) is 0 Å². The van der Waals surface area contributed by atoms with Gasteiger partial charge in [-0.25, -0.2) is 0 Å². The van der Waals surface area contributed by atoms with Gasteiger partial charge in [0.15, 0.2) is 0 Å². The van der Waals surface area contributed by atoms with Gasteiger partial charge >= 0.3 is 0 Å². The summed E-state index contributed by atoms with van der Waals surface area (Å²) in [6.45, 7) is 1.47. The van der Waals surface area contributed by atoms with Gasteiger partial charge < -0.3 is 19.8 Å². The fourth-order valence-electron chi connectivity index (χ4n) is 2.70. The van der Waals surface area contributed by atoms with E-state index in [2.05, 4.69) is 10.3 Å². The summed E-state index contributed by atoms with van der Waals surface area (Å²) in [5.41, 5.74) is 2.64. The topological polar surface area (TPSA) is 63.4 Å². The van der Waals surface area contributed by atoms with Crippen molar-refractivity contribution in [1.82, 2.24) is 10.3 Å². The van der Waals surface area contributed by atoms with Crippen LogP contribution < -0.4 is 10.1 Å². The molecule has 0 fully saturated rings. The van der Waals surface area contributed by atoms with Crippen LogP contribution in [0.2, 0.25) is 10.0 Å². The molecule has 0 saturated carbocycles. The van der Waals surface area contributed by atoms with Crippen molar-refractivity contribution in [2.45, 2.75) is 12.8 Å². The molecule has 0 radical (unpaired) electrons. The van der Waals surface area contributed by atoms with E-state index in [1.807, 2.05) is 0 Å². The molecule has 1 aliphatic heterocycles. The minimum atomic E-state index is -0.00596. The average Bonchev–Trinajstić information content (AvgIpc) is 2.73. The highest BCUT2D eigenvalue weighted by molar-refractivity contribution is 6.45. The molecule has 5 nitrogen and oxygen atoms in total. The Hall–Kier alpha value is -1.43. The number of hydrogen-bond donors (Lipinski definition) is 2. The summed E-state index contributed by atoms with van der Waals surface area (Å²) in [7, 11) is 1.61. The van der Waals surface area contributed by atoms with Crippen LogP contribution in [0.5, 0.6) is 5.75 Å². The summed E-state index contributed by atoms with van der Waals surface area (Å²) < 4.78 is 10.8. The number of H-pyrrole nitrogens is 1. The van der Waals surface area contributed by atoms with Crippen LogP contribution in [0.15, 0.2) is 6.07 Å². The highest BCUT2D eigenvalue weighted by atomic mass is 35.5. The van der Waals surface area contributed by atoms with Crippen molar-refractivity contribution in [3.05, 3.63) is 27.4 Å². The molecule has 0 saturated heterocycles. The normalized spacial score (nSPS) is 14.6. The average molecular weight is 343 g/mol. The first-order chi connectivity index (χ1) is 10.6. The Balaban J connectivity index is 2.15. The van der Waals surface area contributed by atoms with E-state index < -0.39 is 0 Å². The van der Waals surface area contributed by atoms with E-state index in [0.717, 1.165) is 28.6 Å². The number of methoxy groups -OCH3 is 1. The number of nitrogens with one attached hydrogen (secondary N) is 2. The number of fused-ring (bicyclic) bond motifs is 3. The second kappa shape index (κ2) is 6.36. The fraction of sp³-hybridized carbons (Fsp3) is 0.400. The van der Waals surface area contributed by atoms with E-state index >= 15 is 0 Å². The first kappa shape index (κ1) is 15.5. The van der Waals surface area contributed by atoms with Crippen LogP contribution in [0, 0.1) is 0 Å². The van der Waals surface area contributed by atoms with Crippen LogP contribution >= 0.6 is 23.2 Å². The Morgan fingerprint density at radius 2 is 2.14 bits per heavy atom. The van der Waals surface area contributed by atoms with Crippen LogP contribution in [-0.4, -0.2) is 37.8 Å². The number of carbonyl (C=O) groups excluding carboxylic acids is 1. The van der Waals surface area contributed by atoms with E-state index in [1.165, 1.54) is 0 Å². The number of rotatable bonds is 4. The van der Waals surface area contributed by atoms with E-state index in [9.17, 15) is 4.79 Å². The SMILES string of the molecule is COCCOc1cc(Cl)c(Cl)c2[nH]c3c(c12)CC(=O)NCC3. The maximum absolute atomic E-state index is 11.9. The molecule has 0 spiro atoms. The molecule has 0 atom stereocenters. The third-order valence-corrected chi connectivity index (χ3v) is 4.49. The molecule has 2 heterocycles. The Morgan fingerprint density at radius 1 is 1.32 bits per heavy atom. The molecule has 22 heavy (non-hydrogen) atoms. The summed E-state index contributed by atoms with van der Waals surface area (Å²) in [5.74, 6) is 0.613. The molecule has 1 aliphatic rings. The van der Waals surface area contributed by atoms with Gasteiger partial charge in [0.2, 0.25) is 5.91 Å². The van der Waals surface area contributed by atoms with Crippen molar-refractivity contribution in [2.75, 3.05) is 26.9 Å². The molecule has 1 aromatic carbocycles. The predicted molar refractivity (Wildman–Crippen MR) is 86.1 cm³/mol. The molecule has 0 unspecified atom stereocenters. The van der Waals surface area contributed by atoms with Gasteiger partial charge in [0.05, 0.1) is 28.6 Å². The van der Waals surface area contributed by atoms with Gasteiger partial charge in [0, 0.05) is 37.2 Å². The molecule has 2 aromatic rings. The predicted octanol–water partition coefficient (Wildman–Crippen LogP) is 2.71. The molecular formula is C15H16Cl2N2O3. The highest BCUT2D eigenvalue weighted by Gasteiger charge is 2.23. The maximum Gasteiger partial charge on any atom is 0.224 e. The Labute approximate surface area is 137 Å². The lowest BCUT2D eigenvalue weighted by Crippen LogP contribution is -2.24. The number of amides is 1. The lowest BCUT2D eigenvalue weighted by molar-refractivity contribution is -0.120. The Bertz CT molecular complexity index is 727. The minimum Gasteiger partial charge on any atom is -0.490 e. The zero-order chi connectivity index (χ0) is 15.7. The quantitative estimate of drug-likeness (QED) is 0.839. The van der Waals surface area contributed by atoms with Crippen molar-refractivity contribution < 1.29 is 14.3 Å². The van der Waals surface area contributed by atoms with Crippen molar-refractivity contribution in [1.29, 1.82) is 0 Å². The fourth-order valence-corrected chi connectivity index (χ4v) is 3.09. The number of hydrogen-bond acceptors (Lipinski definition) is 3. The van der Waals surface area contributed by atoms with Gasteiger partial charge in [-0.1, -0.05) is 23.2 Å². The largest absolute Gasteiger partial charge is 0.490 e. The molecule has 0 aliphatic carbocycles. The van der Waals surface area contributed by atoms with Gasteiger partial charge in [0.1, 0.15) is 12.4 Å². The second-order valence-electron chi connectivity index (χ2n) is 5.12. The van der Waals surface area contributed by atoms with Crippen molar-refractivity contribution in [3.63, 3.8) is 0 Å². The monoisotopic (exact) mass is 342 g/mol. The third kappa shape index (κ3) is 2.76. The number of aromatic nitrogens is 1. The minimum absolute atomic E-state index is 0.00596. The number of benzene rings is 1. The number of carbonyl (C=O) groups is 1. The standard InChI is InChI=1S/C15H16Cl2N2O3/c1-21-4-5-22-11-7-9(16)14(17)15-13(11)8-6-12(20)18-3-2-10(8)19-15/h7,19H,2-6H2,1H3,(H,18,20). The van der Waals surface area contributed by atoms with Crippen molar-refractivity contribution in [2.24, 2.45) is 0 Å². The van der Waals surface area contributed by atoms with Crippen molar-refractivity contribution in [3.8, 4) is 5.75 Å². The molecule has 118 valence electrons. The molecule has 7 heteroatoms. The zero-order valence-corrected chi connectivity index (χ0v) is 13.6. The molecule has 2 N–H and O–H groups in total. The van der Waals surface area contributed by atoms with E-state index in [4.69, 9.17) is 32.7 Å². The van der Waals surface area contributed by atoms with Gasteiger partial charge in [-0.3, -0.25) is 4.79 Å². The molecule has 0 bridgehead atoms. The third-order valence-electron chi connectivity index (χ3n) is 3.70. The van der Waals surface area contributed by atoms with Gasteiger partial charge in [-0.2, -0.15) is 0 Å². The van der Waals surface area contributed by atoms with E-state index in [0.29, 0.717) is 42.0 Å². The summed E-state index contributed by atoms with van der Waals surface area (Å²) in [5, 5.41) is 4.56.